The molecule has 0 radical (unpaired) electrons. The Hall–Kier alpha value is -3.20. The van der Waals surface area contributed by atoms with Crippen LogP contribution in [0, 0.1) is 6.92 Å². The number of rotatable bonds is 4. The molecule has 0 aliphatic heterocycles. The zero-order valence-corrected chi connectivity index (χ0v) is 17.5. The highest BCUT2D eigenvalue weighted by atomic mass is 32.1. The van der Waals surface area contributed by atoms with Crippen molar-refractivity contribution in [1.29, 1.82) is 0 Å². The van der Waals surface area contributed by atoms with Gasteiger partial charge in [-0.05, 0) is 49.9 Å². The van der Waals surface area contributed by atoms with E-state index in [-0.39, 0.29) is 6.10 Å². The predicted molar refractivity (Wildman–Crippen MR) is 115 cm³/mol. The van der Waals surface area contributed by atoms with Gasteiger partial charge in [-0.1, -0.05) is 0 Å². The average molecular weight is 423 g/mol. The molecule has 30 heavy (non-hydrogen) atoms. The highest BCUT2D eigenvalue weighted by Crippen LogP contribution is 2.40. The fourth-order valence-electron chi connectivity index (χ4n) is 3.99. The minimum atomic E-state index is -0.598. The summed E-state index contributed by atoms with van der Waals surface area (Å²) in [6.45, 7) is 4.15. The topological polar surface area (TPSA) is 102 Å². The smallest absolute Gasteiger partial charge is 0.435 e. The van der Waals surface area contributed by atoms with Crippen LogP contribution in [-0.4, -0.2) is 39.0 Å². The van der Waals surface area contributed by atoms with Crippen molar-refractivity contribution in [2.45, 2.75) is 39.2 Å². The highest BCUT2D eigenvalue weighted by Gasteiger charge is 2.27. The van der Waals surface area contributed by atoms with Crippen LogP contribution >= 0.6 is 11.3 Å². The van der Waals surface area contributed by atoms with Crippen molar-refractivity contribution >= 4 is 50.1 Å². The third kappa shape index (κ3) is 3.24. The first-order valence-corrected chi connectivity index (χ1v) is 10.7. The first-order valence-electron chi connectivity index (χ1n) is 9.92. The number of aromatic nitrogens is 4. The van der Waals surface area contributed by atoms with Crippen LogP contribution in [0.5, 0.6) is 0 Å². The molecule has 0 bridgehead atoms. The number of anilines is 2. The van der Waals surface area contributed by atoms with Crippen LogP contribution in [-0.2, 0) is 22.3 Å². The Balaban J connectivity index is 1.47. The second-order valence-electron chi connectivity index (χ2n) is 7.27. The van der Waals surface area contributed by atoms with Crippen LogP contribution in [0.4, 0.5) is 16.3 Å². The third-order valence-corrected chi connectivity index (χ3v) is 6.63. The number of hydrogen-bond donors (Lipinski definition) is 2. The largest absolute Gasteiger partial charge is 0.508 e. The van der Waals surface area contributed by atoms with E-state index in [0.717, 1.165) is 51.0 Å². The summed E-state index contributed by atoms with van der Waals surface area (Å²) in [5, 5.41) is 12.8. The van der Waals surface area contributed by atoms with Gasteiger partial charge in [-0.2, -0.15) is 5.10 Å². The van der Waals surface area contributed by atoms with E-state index in [1.807, 2.05) is 18.3 Å². The average Bonchev–Trinajstić information content (AvgIpc) is 3.35. The molecule has 5 rings (SSSR count). The van der Waals surface area contributed by atoms with Crippen molar-refractivity contribution in [1.82, 2.24) is 20.2 Å². The van der Waals surface area contributed by atoms with E-state index in [4.69, 9.17) is 9.47 Å². The van der Waals surface area contributed by atoms with Gasteiger partial charge < -0.3 is 14.8 Å². The Morgan fingerprint density at radius 2 is 2.27 bits per heavy atom. The summed E-state index contributed by atoms with van der Waals surface area (Å²) in [5.74, 6) is 0.799. The van der Waals surface area contributed by atoms with Gasteiger partial charge in [0.2, 0.25) is 0 Å². The molecule has 0 amide bonds. The number of aromatic amines is 1. The summed E-state index contributed by atoms with van der Waals surface area (Å²) < 4.78 is 10.4. The standard InChI is InChI=1S/C21H21N5O3S/c1-3-28-21(27)29-12-4-5-13-17(8-12)30-20-18(13)19(22-10-23-20)25-15-6-7-16-14(11(15)2)9-24-26-16/h6-7,9-10,12H,3-5,8H2,1-2H3,(H,24,26)(H,22,23,25). The molecule has 0 saturated carbocycles. The van der Waals surface area contributed by atoms with Crippen molar-refractivity contribution in [3.63, 3.8) is 0 Å². The van der Waals surface area contributed by atoms with Gasteiger partial charge in [0.05, 0.1) is 23.7 Å². The molecule has 2 N–H and O–H groups in total. The minimum Gasteiger partial charge on any atom is -0.435 e. The zero-order valence-electron chi connectivity index (χ0n) is 16.7. The molecule has 3 heterocycles. The summed E-state index contributed by atoms with van der Waals surface area (Å²) in [7, 11) is 0. The number of fused-ring (bicyclic) bond motifs is 4. The van der Waals surface area contributed by atoms with Gasteiger partial charge >= 0.3 is 6.16 Å². The summed E-state index contributed by atoms with van der Waals surface area (Å²) in [5.41, 5.74) is 4.35. The lowest BCUT2D eigenvalue weighted by Crippen LogP contribution is -2.25. The van der Waals surface area contributed by atoms with Crippen molar-refractivity contribution < 1.29 is 14.3 Å². The van der Waals surface area contributed by atoms with Crippen LogP contribution < -0.4 is 5.32 Å². The second-order valence-corrected chi connectivity index (χ2v) is 8.35. The van der Waals surface area contributed by atoms with E-state index in [9.17, 15) is 4.79 Å². The minimum absolute atomic E-state index is 0.167. The lowest BCUT2D eigenvalue weighted by Gasteiger charge is -2.22. The fourth-order valence-corrected chi connectivity index (χ4v) is 5.24. The van der Waals surface area contributed by atoms with Crippen molar-refractivity contribution in [3.8, 4) is 0 Å². The van der Waals surface area contributed by atoms with Crippen LogP contribution in [0.25, 0.3) is 21.1 Å². The highest BCUT2D eigenvalue weighted by molar-refractivity contribution is 7.19. The number of nitrogens with zero attached hydrogens (tertiary/aromatic N) is 3. The maximum atomic E-state index is 11.7. The van der Waals surface area contributed by atoms with Crippen molar-refractivity contribution in [3.05, 3.63) is 40.7 Å². The Kier molecular flexibility index (Phi) is 4.74. The third-order valence-electron chi connectivity index (χ3n) is 5.47. The van der Waals surface area contributed by atoms with E-state index >= 15 is 0 Å². The Bertz CT molecular complexity index is 1250. The van der Waals surface area contributed by atoms with Crippen LogP contribution in [0.15, 0.2) is 24.7 Å². The summed E-state index contributed by atoms with van der Waals surface area (Å²) in [4.78, 5) is 22.8. The van der Waals surface area contributed by atoms with E-state index in [2.05, 4.69) is 32.4 Å². The second kappa shape index (κ2) is 7.56. The van der Waals surface area contributed by atoms with Gasteiger partial charge in [0.1, 0.15) is 23.1 Å². The molecule has 0 spiro atoms. The molecule has 0 fully saturated rings. The summed E-state index contributed by atoms with van der Waals surface area (Å²) in [6, 6.07) is 4.04. The van der Waals surface area contributed by atoms with Gasteiger partial charge in [-0.25, -0.2) is 14.8 Å². The fraction of sp³-hybridized carbons (Fsp3) is 0.333. The van der Waals surface area contributed by atoms with Crippen LogP contribution in [0.2, 0.25) is 0 Å². The number of benzene rings is 1. The number of nitrogens with one attached hydrogen (secondary N) is 2. The van der Waals surface area contributed by atoms with Gasteiger partial charge in [0, 0.05) is 22.4 Å². The zero-order chi connectivity index (χ0) is 20.7. The Labute approximate surface area is 176 Å². The number of ether oxygens (including phenoxy) is 2. The number of aryl methyl sites for hydroxylation is 2. The first kappa shape index (κ1) is 18.8. The molecule has 1 atom stereocenters. The van der Waals surface area contributed by atoms with E-state index < -0.39 is 6.16 Å². The van der Waals surface area contributed by atoms with E-state index in [0.29, 0.717) is 13.0 Å². The Morgan fingerprint density at radius 1 is 1.37 bits per heavy atom. The lowest BCUT2D eigenvalue weighted by molar-refractivity contribution is 0.0223. The molecule has 9 heteroatoms. The molecule has 154 valence electrons. The maximum Gasteiger partial charge on any atom is 0.508 e. The van der Waals surface area contributed by atoms with Gasteiger partial charge in [0.15, 0.2) is 0 Å². The predicted octanol–water partition coefficient (Wildman–Crippen LogP) is 4.65. The molecular weight excluding hydrogens is 402 g/mol. The SMILES string of the molecule is CCOC(=O)OC1CCc2c(sc3ncnc(Nc4ccc5[nH]ncc5c4C)c23)C1. The number of thiophene rings is 1. The summed E-state index contributed by atoms with van der Waals surface area (Å²) in [6.07, 6.45) is 4.90. The molecule has 3 aromatic heterocycles. The van der Waals surface area contributed by atoms with Crippen molar-refractivity contribution in [2.75, 3.05) is 11.9 Å². The summed E-state index contributed by atoms with van der Waals surface area (Å²) >= 11 is 1.64. The van der Waals surface area contributed by atoms with Gasteiger partial charge in [-0.15, -0.1) is 11.3 Å². The number of H-pyrrole nitrogens is 1. The van der Waals surface area contributed by atoms with E-state index in [1.165, 1.54) is 10.4 Å². The molecule has 4 aromatic rings. The molecular formula is C21H21N5O3S. The normalized spacial score (nSPS) is 15.9. The molecule has 8 nitrogen and oxygen atoms in total. The van der Waals surface area contributed by atoms with Crippen molar-refractivity contribution in [2.24, 2.45) is 0 Å². The molecule has 0 saturated heterocycles. The maximum absolute atomic E-state index is 11.7. The number of carbonyl (C=O) groups excluding carboxylic acids is 1. The molecule has 1 aliphatic rings. The molecule has 1 unspecified atom stereocenters. The molecule has 1 aromatic carbocycles. The van der Waals surface area contributed by atoms with Gasteiger partial charge in [-0.3, -0.25) is 5.10 Å². The van der Waals surface area contributed by atoms with Crippen LogP contribution in [0.1, 0.15) is 29.3 Å². The quantitative estimate of drug-likeness (QED) is 0.461. The first-order chi connectivity index (χ1) is 14.6. The van der Waals surface area contributed by atoms with E-state index in [1.54, 1.807) is 24.6 Å². The lowest BCUT2D eigenvalue weighted by atomic mass is 9.94. The molecule has 1 aliphatic carbocycles. The number of carbonyl (C=O) groups is 1. The number of hydrogen-bond acceptors (Lipinski definition) is 8. The van der Waals surface area contributed by atoms with Gasteiger partial charge in [0.25, 0.3) is 0 Å². The Morgan fingerprint density at radius 3 is 3.13 bits per heavy atom. The monoisotopic (exact) mass is 423 g/mol. The van der Waals surface area contributed by atoms with Crippen LogP contribution in [0.3, 0.4) is 0 Å².